The van der Waals surface area contributed by atoms with Crippen LogP contribution in [0.3, 0.4) is 0 Å². The number of nitrogens with zero attached hydrogens (tertiary/aromatic N) is 1. The second kappa shape index (κ2) is 9.69. The molecule has 156 valence electrons. The Labute approximate surface area is 176 Å². The van der Waals surface area contributed by atoms with Crippen molar-refractivity contribution in [2.45, 2.75) is 17.5 Å². The number of sulfonamides is 1. The van der Waals surface area contributed by atoms with E-state index in [0.29, 0.717) is 19.7 Å². The van der Waals surface area contributed by atoms with Gasteiger partial charge in [0, 0.05) is 26.2 Å². The van der Waals surface area contributed by atoms with Gasteiger partial charge in [0.15, 0.2) is 0 Å². The first-order valence-corrected chi connectivity index (χ1v) is 11.1. The van der Waals surface area contributed by atoms with Crippen molar-refractivity contribution in [3.63, 3.8) is 0 Å². The van der Waals surface area contributed by atoms with Crippen LogP contribution < -0.4 is 10.0 Å². The standard InChI is InChI=1S/C20H24ClN3O4S/c1-22-29(26,27)17-7-8-19(21)18(11-17)20(25)23-12-16-14-24(9-10-28-16)13-15-5-3-2-4-6-15/h2-8,11,16,22H,9-10,12-14H2,1H3,(H,23,25). The lowest BCUT2D eigenvalue weighted by atomic mass is 10.1. The van der Waals surface area contributed by atoms with Crippen LogP contribution in [0.25, 0.3) is 0 Å². The normalized spacial score (nSPS) is 17.8. The van der Waals surface area contributed by atoms with E-state index in [-0.39, 0.29) is 21.6 Å². The average Bonchev–Trinajstić information content (AvgIpc) is 2.73. The first-order valence-electron chi connectivity index (χ1n) is 9.28. The summed E-state index contributed by atoms with van der Waals surface area (Å²) in [6, 6.07) is 14.2. The third-order valence-corrected chi connectivity index (χ3v) is 6.47. The summed E-state index contributed by atoms with van der Waals surface area (Å²) < 4.78 is 31.9. The van der Waals surface area contributed by atoms with E-state index in [0.717, 1.165) is 13.1 Å². The summed E-state index contributed by atoms with van der Waals surface area (Å²) in [5.74, 6) is -0.438. The van der Waals surface area contributed by atoms with Crippen LogP contribution in [0.5, 0.6) is 0 Å². The summed E-state index contributed by atoms with van der Waals surface area (Å²) in [7, 11) is -2.35. The monoisotopic (exact) mass is 437 g/mol. The van der Waals surface area contributed by atoms with Crippen molar-refractivity contribution < 1.29 is 17.9 Å². The van der Waals surface area contributed by atoms with Crippen LogP contribution in [0.4, 0.5) is 0 Å². The summed E-state index contributed by atoms with van der Waals surface area (Å²) in [6.45, 7) is 3.24. The van der Waals surface area contributed by atoms with Gasteiger partial charge in [-0.05, 0) is 30.8 Å². The highest BCUT2D eigenvalue weighted by atomic mass is 35.5. The zero-order valence-electron chi connectivity index (χ0n) is 16.1. The molecule has 0 bridgehead atoms. The van der Waals surface area contributed by atoms with Crippen LogP contribution in [0.2, 0.25) is 5.02 Å². The predicted molar refractivity (Wildman–Crippen MR) is 111 cm³/mol. The largest absolute Gasteiger partial charge is 0.374 e. The first kappa shape index (κ1) is 21.7. The Morgan fingerprint density at radius 1 is 1.24 bits per heavy atom. The van der Waals surface area contributed by atoms with E-state index in [1.54, 1.807) is 0 Å². The fourth-order valence-electron chi connectivity index (χ4n) is 3.15. The Hall–Kier alpha value is -1.97. The van der Waals surface area contributed by atoms with Gasteiger partial charge in [0.25, 0.3) is 5.91 Å². The van der Waals surface area contributed by atoms with Crippen LogP contribution in [0.15, 0.2) is 53.4 Å². The molecule has 0 saturated carbocycles. The van der Waals surface area contributed by atoms with Gasteiger partial charge in [-0.25, -0.2) is 13.1 Å². The Balaban J connectivity index is 1.59. The highest BCUT2D eigenvalue weighted by Gasteiger charge is 2.22. The molecular formula is C20H24ClN3O4S. The van der Waals surface area contributed by atoms with Crippen LogP contribution in [-0.4, -0.2) is 58.6 Å². The number of rotatable bonds is 7. The highest BCUT2D eigenvalue weighted by Crippen LogP contribution is 2.20. The van der Waals surface area contributed by atoms with Crippen molar-refractivity contribution in [3.05, 3.63) is 64.7 Å². The fraction of sp³-hybridized carbons (Fsp3) is 0.350. The van der Waals surface area contributed by atoms with Crippen molar-refractivity contribution in [1.29, 1.82) is 0 Å². The third kappa shape index (κ3) is 5.77. The molecule has 1 saturated heterocycles. The van der Waals surface area contributed by atoms with Gasteiger partial charge in [-0.15, -0.1) is 0 Å². The van der Waals surface area contributed by atoms with Gasteiger partial charge in [0.2, 0.25) is 10.0 Å². The van der Waals surface area contributed by atoms with Crippen molar-refractivity contribution in [2.24, 2.45) is 0 Å². The van der Waals surface area contributed by atoms with Crippen molar-refractivity contribution in [3.8, 4) is 0 Å². The number of carbonyl (C=O) groups excluding carboxylic acids is 1. The lowest BCUT2D eigenvalue weighted by Gasteiger charge is -2.33. The maximum atomic E-state index is 12.6. The average molecular weight is 438 g/mol. The van der Waals surface area contributed by atoms with Crippen molar-refractivity contribution >= 4 is 27.5 Å². The second-order valence-corrected chi connectivity index (χ2v) is 9.07. The van der Waals surface area contributed by atoms with Gasteiger partial charge in [-0.2, -0.15) is 0 Å². The maximum absolute atomic E-state index is 12.6. The van der Waals surface area contributed by atoms with Gasteiger partial charge in [0.05, 0.1) is 28.2 Å². The molecule has 0 aromatic heterocycles. The number of halogens is 1. The smallest absolute Gasteiger partial charge is 0.252 e. The number of ether oxygens (including phenoxy) is 1. The molecule has 3 rings (SSSR count). The summed E-state index contributed by atoms with van der Waals surface area (Å²) in [5, 5.41) is 2.99. The lowest BCUT2D eigenvalue weighted by molar-refractivity contribution is -0.0292. The Morgan fingerprint density at radius 3 is 2.72 bits per heavy atom. The summed E-state index contributed by atoms with van der Waals surface area (Å²) >= 11 is 6.10. The van der Waals surface area contributed by atoms with Crippen molar-refractivity contribution in [1.82, 2.24) is 14.9 Å². The van der Waals surface area contributed by atoms with Crippen LogP contribution in [0, 0.1) is 0 Å². The lowest BCUT2D eigenvalue weighted by Crippen LogP contribution is -2.47. The minimum Gasteiger partial charge on any atom is -0.374 e. The molecule has 1 aliphatic rings. The molecule has 1 fully saturated rings. The molecule has 1 aliphatic heterocycles. The number of nitrogens with one attached hydrogen (secondary N) is 2. The molecule has 0 radical (unpaired) electrons. The van der Waals surface area contributed by atoms with Gasteiger partial charge in [0.1, 0.15) is 0 Å². The third-order valence-electron chi connectivity index (χ3n) is 4.72. The summed E-state index contributed by atoms with van der Waals surface area (Å²) in [4.78, 5) is 14.8. The molecule has 0 aliphatic carbocycles. The fourth-order valence-corrected chi connectivity index (χ4v) is 4.11. The van der Waals surface area contributed by atoms with Gasteiger partial charge >= 0.3 is 0 Å². The molecule has 29 heavy (non-hydrogen) atoms. The molecule has 1 amide bonds. The van der Waals surface area contributed by atoms with Gasteiger partial charge in [-0.3, -0.25) is 9.69 Å². The van der Waals surface area contributed by atoms with E-state index in [1.165, 1.54) is 30.8 Å². The van der Waals surface area contributed by atoms with E-state index in [1.807, 2.05) is 18.2 Å². The van der Waals surface area contributed by atoms with Crippen LogP contribution >= 0.6 is 11.6 Å². The molecule has 1 atom stereocenters. The molecular weight excluding hydrogens is 414 g/mol. The molecule has 7 nitrogen and oxygen atoms in total. The quantitative estimate of drug-likeness (QED) is 0.690. The van der Waals surface area contributed by atoms with Gasteiger partial charge in [-0.1, -0.05) is 41.9 Å². The molecule has 0 spiro atoms. The Morgan fingerprint density at radius 2 is 2.00 bits per heavy atom. The minimum atomic E-state index is -3.66. The molecule has 2 aromatic carbocycles. The molecule has 1 heterocycles. The Bertz CT molecular complexity index is 953. The maximum Gasteiger partial charge on any atom is 0.252 e. The van der Waals surface area contributed by atoms with E-state index >= 15 is 0 Å². The number of morpholine rings is 1. The molecule has 1 unspecified atom stereocenters. The van der Waals surface area contributed by atoms with E-state index in [2.05, 4.69) is 27.1 Å². The number of carbonyl (C=O) groups is 1. The van der Waals surface area contributed by atoms with E-state index in [4.69, 9.17) is 16.3 Å². The number of amides is 1. The zero-order chi connectivity index (χ0) is 20.9. The second-order valence-electron chi connectivity index (χ2n) is 6.77. The number of benzene rings is 2. The molecule has 2 aromatic rings. The Kier molecular flexibility index (Phi) is 7.26. The van der Waals surface area contributed by atoms with Gasteiger partial charge < -0.3 is 10.1 Å². The SMILES string of the molecule is CNS(=O)(=O)c1ccc(Cl)c(C(=O)NCC2CN(Cc3ccccc3)CCO2)c1. The molecule has 2 N–H and O–H groups in total. The highest BCUT2D eigenvalue weighted by molar-refractivity contribution is 7.89. The number of hydrogen-bond acceptors (Lipinski definition) is 5. The minimum absolute atomic E-state index is 0.0162. The van der Waals surface area contributed by atoms with Crippen LogP contribution in [0.1, 0.15) is 15.9 Å². The summed E-state index contributed by atoms with van der Waals surface area (Å²) in [5.41, 5.74) is 1.34. The molecule has 9 heteroatoms. The van der Waals surface area contributed by atoms with E-state index < -0.39 is 15.9 Å². The number of hydrogen-bond donors (Lipinski definition) is 2. The summed E-state index contributed by atoms with van der Waals surface area (Å²) in [6.07, 6.45) is -0.153. The first-order chi connectivity index (χ1) is 13.9. The van der Waals surface area contributed by atoms with Crippen LogP contribution in [-0.2, 0) is 21.3 Å². The predicted octanol–water partition coefficient (Wildman–Crippen LogP) is 1.88. The van der Waals surface area contributed by atoms with Crippen molar-refractivity contribution in [2.75, 3.05) is 33.3 Å². The zero-order valence-corrected chi connectivity index (χ0v) is 17.7. The van der Waals surface area contributed by atoms with E-state index in [9.17, 15) is 13.2 Å². The topological polar surface area (TPSA) is 87.7 Å².